The van der Waals surface area contributed by atoms with Crippen LogP contribution in [0.5, 0.6) is 0 Å². The Labute approximate surface area is 87.7 Å². The van der Waals surface area contributed by atoms with Crippen molar-refractivity contribution in [3.05, 3.63) is 0 Å². The highest BCUT2D eigenvalue weighted by atomic mass is 16.4. The Kier molecular flexibility index (Phi) is 2.22. The van der Waals surface area contributed by atoms with E-state index >= 15 is 0 Å². The van der Waals surface area contributed by atoms with Crippen molar-refractivity contribution in [2.24, 2.45) is 17.3 Å². The van der Waals surface area contributed by atoms with E-state index in [0.717, 1.165) is 13.0 Å². The molecule has 2 fully saturated rings. The highest BCUT2D eigenvalue weighted by molar-refractivity contribution is 5.89. The first kappa shape index (κ1) is 10.4. The molecule has 1 aliphatic heterocycles. The van der Waals surface area contributed by atoms with Crippen LogP contribution < -0.4 is 0 Å². The Morgan fingerprint density at radius 1 is 1.40 bits per heavy atom. The van der Waals surface area contributed by atoms with E-state index in [-0.39, 0.29) is 5.92 Å². The Hall–Kier alpha value is -1.10. The fraction of sp³-hybridized carbons (Fsp3) is 0.800. The van der Waals surface area contributed by atoms with Crippen LogP contribution in [0.25, 0.3) is 0 Å². The fourth-order valence-corrected chi connectivity index (χ4v) is 2.80. The molecule has 2 aliphatic rings. The fourth-order valence-electron chi connectivity index (χ4n) is 2.80. The lowest BCUT2D eigenvalue weighted by Gasteiger charge is -2.19. The topological polar surface area (TPSA) is 77.8 Å². The van der Waals surface area contributed by atoms with Crippen LogP contribution in [0.3, 0.4) is 0 Å². The van der Waals surface area contributed by atoms with Gasteiger partial charge in [-0.1, -0.05) is 0 Å². The number of rotatable bonds is 3. The maximum Gasteiger partial charge on any atom is 0.310 e. The Morgan fingerprint density at radius 3 is 2.40 bits per heavy atom. The zero-order valence-electron chi connectivity index (χ0n) is 8.64. The highest BCUT2D eigenvalue weighted by Crippen LogP contribution is 2.60. The van der Waals surface area contributed by atoms with Gasteiger partial charge in [0.25, 0.3) is 0 Å². The van der Waals surface area contributed by atoms with E-state index < -0.39 is 23.3 Å². The molecule has 5 nitrogen and oxygen atoms in total. The van der Waals surface area contributed by atoms with Gasteiger partial charge in [0.05, 0.1) is 11.3 Å². The van der Waals surface area contributed by atoms with E-state index in [4.69, 9.17) is 5.11 Å². The van der Waals surface area contributed by atoms with Gasteiger partial charge in [0, 0.05) is 6.54 Å². The second-order valence-electron chi connectivity index (χ2n) is 4.69. The van der Waals surface area contributed by atoms with Gasteiger partial charge >= 0.3 is 11.9 Å². The molecule has 3 atom stereocenters. The monoisotopic (exact) mass is 213 g/mol. The molecule has 1 saturated carbocycles. The number of carboxylic acid groups (broad SMARTS) is 2. The first-order valence-electron chi connectivity index (χ1n) is 5.13. The number of hydrogen-bond donors (Lipinski definition) is 2. The predicted octanol–water partition coefficient (Wildman–Crippen LogP) is 0.114. The second-order valence-corrected chi connectivity index (χ2v) is 4.69. The molecule has 1 saturated heterocycles. The third kappa shape index (κ3) is 1.42. The molecule has 0 amide bonds. The maximum atomic E-state index is 11.2. The first-order valence-corrected chi connectivity index (χ1v) is 5.13. The predicted molar refractivity (Wildman–Crippen MR) is 51.4 cm³/mol. The van der Waals surface area contributed by atoms with Crippen LogP contribution in [0.15, 0.2) is 0 Å². The summed E-state index contributed by atoms with van der Waals surface area (Å²) in [4.78, 5) is 24.1. The summed E-state index contributed by atoms with van der Waals surface area (Å²) in [6.07, 6.45) is 1.10. The zero-order valence-corrected chi connectivity index (χ0v) is 8.64. The molecule has 0 aromatic rings. The number of carboxylic acids is 2. The molecular weight excluding hydrogens is 198 g/mol. The SMILES string of the molecule is CN1CCC(C2(C(=O)O)CC2C(=O)O)C1. The third-order valence-corrected chi connectivity index (χ3v) is 3.82. The van der Waals surface area contributed by atoms with Gasteiger partial charge in [-0.2, -0.15) is 0 Å². The minimum Gasteiger partial charge on any atom is -0.481 e. The normalized spacial score (nSPS) is 40.3. The smallest absolute Gasteiger partial charge is 0.310 e. The van der Waals surface area contributed by atoms with E-state index in [2.05, 4.69) is 4.90 Å². The van der Waals surface area contributed by atoms with Crippen molar-refractivity contribution < 1.29 is 19.8 Å². The largest absolute Gasteiger partial charge is 0.481 e. The van der Waals surface area contributed by atoms with Gasteiger partial charge in [0.2, 0.25) is 0 Å². The second kappa shape index (κ2) is 3.20. The van der Waals surface area contributed by atoms with Gasteiger partial charge in [-0.3, -0.25) is 9.59 Å². The summed E-state index contributed by atoms with van der Waals surface area (Å²) in [5, 5.41) is 18.1. The summed E-state index contributed by atoms with van der Waals surface area (Å²) in [6.45, 7) is 1.57. The molecule has 5 heteroatoms. The number of nitrogens with zero attached hydrogens (tertiary/aromatic N) is 1. The van der Waals surface area contributed by atoms with Crippen LogP contribution in [0.1, 0.15) is 12.8 Å². The first-order chi connectivity index (χ1) is 6.98. The van der Waals surface area contributed by atoms with Crippen molar-refractivity contribution in [3.63, 3.8) is 0 Å². The lowest BCUT2D eigenvalue weighted by atomic mass is 9.86. The van der Waals surface area contributed by atoms with E-state index in [1.165, 1.54) is 0 Å². The molecular formula is C10H15NO4. The van der Waals surface area contributed by atoms with Gasteiger partial charge in [-0.15, -0.1) is 0 Å². The summed E-state index contributed by atoms with van der Waals surface area (Å²) in [5.41, 5.74) is -0.976. The van der Waals surface area contributed by atoms with E-state index in [9.17, 15) is 14.7 Å². The molecule has 2 rings (SSSR count). The Balaban J connectivity index is 2.16. The molecule has 0 spiro atoms. The maximum absolute atomic E-state index is 11.2. The van der Waals surface area contributed by atoms with Crippen LogP contribution in [0, 0.1) is 17.3 Å². The molecule has 1 aliphatic carbocycles. The molecule has 3 unspecified atom stereocenters. The number of hydrogen-bond acceptors (Lipinski definition) is 3. The average Bonchev–Trinajstić information content (AvgIpc) is 2.78. The lowest BCUT2D eigenvalue weighted by Crippen LogP contribution is -2.31. The molecule has 0 aromatic carbocycles. The molecule has 0 radical (unpaired) electrons. The summed E-state index contributed by atoms with van der Waals surface area (Å²) in [6, 6.07) is 0. The lowest BCUT2D eigenvalue weighted by molar-refractivity contribution is -0.151. The van der Waals surface area contributed by atoms with Gasteiger partial charge < -0.3 is 15.1 Å². The summed E-state index contributed by atoms with van der Waals surface area (Å²) in [5.74, 6) is -2.57. The van der Waals surface area contributed by atoms with Crippen molar-refractivity contribution in [3.8, 4) is 0 Å². The highest BCUT2D eigenvalue weighted by Gasteiger charge is 2.68. The van der Waals surface area contributed by atoms with Gasteiger partial charge in [-0.25, -0.2) is 0 Å². The number of carbonyl (C=O) groups is 2. The van der Waals surface area contributed by atoms with Crippen molar-refractivity contribution in [1.29, 1.82) is 0 Å². The van der Waals surface area contributed by atoms with Gasteiger partial charge in [0.1, 0.15) is 0 Å². The Bertz CT molecular complexity index is 317. The molecule has 0 aromatic heterocycles. The minimum atomic E-state index is -0.976. The molecule has 15 heavy (non-hydrogen) atoms. The van der Waals surface area contributed by atoms with E-state index in [1.54, 1.807) is 0 Å². The van der Waals surface area contributed by atoms with Crippen LogP contribution in [-0.2, 0) is 9.59 Å². The number of likely N-dealkylation sites (tertiary alicyclic amines) is 1. The standard InChI is InChI=1S/C10H15NO4/c1-11-3-2-6(5-11)10(9(14)15)4-7(10)8(12)13/h6-7H,2-5H2,1H3,(H,12,13)(H,14,15). The molecule has 84 valence electrons. The van der Waals surface area contributed by atoms with Crippen LogP contribution in [0.4, 0.5) is 0 Å². The van der Waals surface area contributed by atoms with Crippen LogP contribution in [-0.4, -0.2) is 47.2 Å². The van der Waals surface area contributed by atoms with Crippen molar-refractivity contribution in [2.45, 2.75) is 12.8 Å². The van der Waals surface area contributed by atoms with Gasteiger partial charge in [-0.05, 0) is 32.4 Å². The summed E-state index contributed by atoms with van der Waals surface area (Å²) in [7, 11) is 1.94. The van der Waals surface area contributed by atoms with Crippen LogP contribution in [0.2, 0.25) is 0 Å². The minimum absolute atomic E-state index is 0.00102. The Morgan fingerprint density at radius 2 is 2.07 bits per heavy atom. The average molecular weight is 213 g/mol. The molecule has 1 heterocycles. The van der Waals surface area contributed by atoms with Crippen molar-refractivity contribution in [1.82, 2.24) is 4.90 Å². The third-order valence-electron chi connectivity index (χ3n) is 3.82. The number of aliphatic carboxylic acids is 2. The molecule has 0 bridgehead atoms. The van der Waals surface area contributed by atoms with Crippen molar-refractivity contribution >= 4 is 11.9 Å². The van der Waals surface area contributed by atoms with Gasteiger partial charge in [0.15, 0.2) is 0 Å². The quantitative estimate of drug-likeness (QED) is 0.696. The van der Waals surface area contributed by atoms with E-state index in [0.29, 0.717) is 13.0 Å². The summed E-state index contributed by atoms with van der Waals surface area (Å²) >= 11 is 0. The summed E-state index contributed by atoms with van der Waals surface area (Å²) < 4.78 is 0. The van der Waals surface area contributed by atoms with Crippen LogP contribution >= 0.6 is 0 Å². The molecule has 2 N–H and O–H groups in total. The van der Waals surface area contributed by atoms with E-state index in [1.807, 2.05) is 7.05 Å². The van der Waals surface area contributed by atoms with Crippen molar-refractivity contribution in [2.75, 3.05) is 20.1 Å². The zero-order chi connectivity index (χ0) is 11.2.